The largest absolute Gasteiger partial charge is 0.490 e. The molecule has 2 aromatic rings. The molecule has 3 N–H and O–H groups in total. The number of fused-ring (bicyclic) bond motifs is 1. The molecule has 1 aliphatic carbocycles. The van der Waals surface area contributed by atoms with E-state index in [4.69, 9.17) is 9.47 Å². The highest BCUT2D eigenvalue weighted by atomic mass is 16.5. The van der Waals surface area contributed by atoms with E-state index in [1.165, 1.54) is 12.0 Å². The molecule has 9 nitrogen and oxygen atoms in total. The van der Waals surface area contributed by atoms with Crippen molar-refractivity contribution in [3.8, 4) is 5.75 Å². The number of carbonyl (C=O) groups excluding carboxylic acids is 2. The maximum Gasteiger partial charge on any atom is 0.319 e. The summed E-state index contributed by atoms with van der Waals surface area (Å²) in [5.41, 5.74) is 2.14. The number of likely N-dealkylation sites (N-methyl/N-ethyl adjacent to an activating group) is 1. The summed E-state index contributed by atoms with van der Waals surface area (Å²) in [5, 5.41) is 16.3. The van der Waals surface area contributed by atoms with Crippen LogP contribution in [0, 0.1) is 5.92 Å². The Morgan fingerprint density at radius 2 is 1.78 bits per heavy atom. The van der Waals surface area contributed by atoms with Crippen molar-refractivity contribution in [3.63, 3.8) is 0 Å². The normalized spacial score (nSPS) is 23.0. The molecule has 0 saturated heterocycles. The minimum Gasteiger partial charge on any atom is -0.490 e. The van der Waals surface area contributed by atoms with E-state index < -0.39 is 6.04 Å². The lowest BCUT2D eigenvalue weighted by Crippen LogP contribution is -2.47. The Morgan fingerprint density at radius 3 is 2.51 bits per heavy atom. The van der Waals surface area contributed by atoms with Crippen LogP contribution in [-0.2, 0) is 11.3 Å². The molecule has 248 valence electrons. The number of hydrogen-bond donors (Lipinski definition) is 3. The second-order valence-electron chi connectivity index (χ2n) is 13.1. The third-order valence-electron chi connectivity index (χ3n) is 9.04. The van der Waals surface area contributed by atoms with Gasteiger partial charge in [0.2, 0.25) is 0 Å². The molecule has 2 aliphatic rings. The van der Waals surface area contributed by atoms with Gasteiger partial charge in [0.1, 0.15) is 5.75 Å². The van der Waals surface area contributed by atoms with Gasteiger partial charge in [-0.1, -0.05) is 56.5 Å². The first kappa shape index (κ1) is 34.7. The monoisotopic (exact) mass is 622 g/mol. The van der Waals surface area contributed by atoms with Crippen LogP contribution in [0.2, 0.25) is 0 Å². The smallest absolute Gasteiger partial charge is 0.319 e. The second kappa shape index (κ2) is 17.5. The van der Waals surface area contributed by atoms with Crippen LogP contribution in [0.5, 0.6) is 5.75 Å². The quantitative estimate of drug-likeness (QED) is 0.330. The van der Waals surface area contributed by atoms with E-state index in [1.807, 2.05) is 19.9 Å². The van der Waals surface area contributed by atoms with Crippen LogP contribution in [0.1, 0.15) is 88.1 Å². The number of aliphatic hydroxyl groups excluding tert-OH is 1. The Labute approximate surface area is 269 Å². The van der Waals surface area contributed by atoms with E-state index in [1.54, 1.807) is 23.1 Å². The fourth-order valence-corrected chi connectivity index (χ4v) is 6.33. The molecule has 4 rings (SSSR count). The molecular formula is C36H54N4O5. The van der Waals surface area contributed by atoms with Crippen LogP contribution >= 0.6 is 0 Å². The molecule has 2 aromatic carbocycles. The molecule has 0 spiro atoms. The standard InChI is InChI=1S/C36H54N4O5/c1-26-22-40(27(2)25-41)35(42)32-21-31(38-36(43)37-30-16-9-6-10-17-30)18-19-33(32)45-28(3)13-11-12-20-44-34(26)24-39(4)23-29-14-7-5-8-15-29/h5,7-8,14-15,18-19,21,26-28,30,34,41H,6,9-13,16-17,20,22-25H2,1-4H3,(H2,37,38,43)/t26-,27-,28-,34+/m1/s1. The Kier molecular flexibility index (Phi) is 13.5. The van der Waals surface area contributed by atoms with Crippen molar-refractivity contribution in [2.75, 3.05) is 38.7 Å². The number of urea groups is 1. The average Bonchev–Trinajstić information content (AvgIpc) is 3.03. The number of rotatable bonds is 8. The van der Waals surface area contributed by atoms with Crippen LogP contribution in [0.4, 0.5) is 10.5 Å². The van der Waals surface area contributed by atoms with Crippen molar-refractivity contribution in [1.29, 1.82) is 0 Å². The van der Waals surface area contributed by atoms with Gasteiger partial charge in [0.15, 0.2) is 0 Å². The third kappa shape index (κ3) is 10.7. The van der Waals surface area contributed by atoms with Gasteiger partial charge >= 0.3 is 6.03 Å². The van der Waals surface area contributed by atoms with Crippen molar-refractivity contribution in [1.82, 2.24) is 15.1 Å². The summed E-state index contributed by atoms with van der Waals surface area (Å²) in [5.74, 6) is 0.242. The molecule has 3 amide bonds. The van der Waals surface area contributed by atoms with E-state index in [0.29, 0.717) is 36.7 Å². The number of amides is 3. The van der Waals surface area contributed by atoms with Gasteiger partial charge in [0.05, 0.1) is 30.4 Å². The predicted molar refractivity (Wildman–Crippen MR) is 179 cm³/mol. The van der Waals surface area contributed by atoms with Gasteiger partial charge in [-0.2, -0.15) is 0 Å². The summed E-state index contributed by atoms with van der Waals surface area (Å²) in [7, 11) is 2.10. The zero-order chi connectivity index (χ0) is 32.2. The molecular weight excluding hydrogens is 568 g/mol. The van der Waals surface area contributed by atoms with Crippen LogP contribution in [0.25, 0.3) is 0 Å². The number of nitrogens with zero attached hydrogens (tertiary/aromatic N) is 2. The highest BCUT2D eigenvalue weighted by molar-refractivity contribution is 5.99. The van der Waals surface area contributed by atoms with E-state index in [9.17, 15) is 14.7 Å². The highest BCUT2D eigenvalue weighted by Crippen LogP contribution is 2.29. The molecule has 0 unspecified atom stereocenters. The first-order valence-electron chi connectivity index (χ1n) is 16.9. The maximum absolute atomic E-state index is 14.3. The van der Waals surface area contributed by atoms with E-state index in [2.05, 4.69) is 53.8 Å². The molecule has 1 saturated carbocycles. The molecule has 1 aliphatic heterocycles. The van der Waals surface area contributed by atoms with Crippen molar-refractivity contribution < 1.29 is 24.2 Å². The minimum absolute atomic E-state index is 0.00464. The second-order valence-corrected chi connectivity index (χ2v) is 13.1. The van der Waals surface area contributed by atoms with Gasteiger partial charge in [-0.3, -0.25) is 9.69 Å². The summed E-state index contributed by atoms with van der Waals surface area (Å²) in [4.78, 5) is 31.2. The fraction of sp³-hybridized carbons (Fsp3) is 0.611. The number of benzene rings is 2. The van der Waals surface area contributed by atoms with E-state index in [-0.39, 0.29) is 42.7 Å². The number of anilines is 1. The third-order valence-corrected chi connectivity index (χ3v) is 9.04. The lowest BCUT2D eigenvalue weighted by molar-refractivity contribution is -0.0177. The van der Waals surface area contributed by atoms with E-state index in [0.717, 1.165) is 51.5 Å². The van der Waals surface area contributed by atoms with Crippen molar-refractivity contribution in [3.05, 3.63) is 59.7 Å². The topological polar surface area (TPSA) is 103 Å². The van der Waals surface area contributed by atoms with Gasteiger partial charge in [0, 0.05) is 43.9 Å². The molecule has 0 bridgehead atoms. The zero-order valence-corrected chi connectivity index (χ0v) is 27.7. The highest BCUT2D eigenvalue weighted by Gasteiger charge is 2.30. The molecule has 0 aromatic heterocycles. The number of hydrogen-bond acceptors (Lipinski definition) is 6. The summed E-state index contributed by atoms with van der Waals surface area (Å²) in [6.45, 7) is 8.37. The summed E-state index contributed by atoms with van der Waals surface area (Å²) in [6, 6.07) is 15.1. The van der Waals surface area contributed by atoms with E-state index >= 15 is 0 Å². The summed E-state index contributed by atoms with van der Waals surface area (Å²) in [6.07, 6.45) is 7.91. The van der Waals surface area contributed by atoms with Crippen LogP contribution in [-0.4, -0.2) is 84.5 Å². The number of ether oxygens (including phenoxy) is 2. The van der Waals surface area contributed by atoms with Crippen LogP contribution < -0.4 is 15.4 Å². The molecule has 4 atom stereocenters. The summed E-state index contributed by atoms with van der Waals surface area (Å²) < 4.78 is 12.8. The fourth-order valence-electron chi connectivity index (χ4n) is 6.33. The Bertz CT molecular complexity index is 1210. The van der Waals surface area contributed by atoms with Gasteiger partial charge < -0.3 is 30.1 Å². The number of carbonyl (C=O) groups is 2. The lowest BCUT2D eigenvalue weighted by atomic mass is 9.96. The number of nitrogens with one attached hydrogen (secondary N) is 2. The van der Waals surface area contributed by atoms with Crippen molar-refractivity contribution >= 4 is 17.6 Å². The van der Waals surface area contributed by atoms with Gasteiger partial charge in [-0.15, -0.1) is 0 Å². The molecule has 9 heteroatoms. The molecule has 0 radical (unpaired) electrons. The van der Waals surface area contributed by atoms with Crippen molar-refractivity contribution in [2.24, 2.45) is 5.92 Å². The zero-order valence-electron chi connectivity index (χ0n) is 27.7. The SMILES string of the molecule is C[C@@H]1CCCCO[C@@H](CN(C)Cc2ccccc2)[C@H](C)CN([C@H](C)CO)C(=O)c2cc(NC(=O)NC3CCCCC3)ccc2O1. The van der Waals surface area contributed by atoms with Crippen LogP contribution in [0.3, 0.4) is 0 Å². The minimum atomic E-state index is -0.424. The molecule has 1 fully saturated rings. The lowest BCUT2D eigenvalue weighted by Gasteiger charge is -2.36. The van der Waals surface area contributed by atoms with Crippen molar-refractivity contribution in [2.45, 2.75) is 103 Å². The molecule has 1 heterocycles. The Balaban J connectivity index is 1.56. The predicted octanol–water partition coefficient (Wildman–Crippen LogP) is 6.07. The van der Waals surface area contributed by atoms with Gasteiger partial charge in [0.25, 0.3) is 5.91 Å². The first-order valence-corrected chi connectivity index (χ1v) is 16.9. The maximum atomic E-state index is 14.3. The Hall–Kier alpha value is -3.14. The summed E-state index contributed by atoms with van der Waals surface area (Å²) >= 11 is 0. The Morgan fingerprint density at radius 1 is 1.04 bits per heavy atom. The average molecular weight is 623 g/mol. The number of aliphatic hydroxyl groups is 1. The molecule has 45 heavy (non-hydrogen) atoms. The first-order chi connectivity index (χ1) is 21.7. The van der Waals surface area contributed by atoms with Gasteiger partial charge in [-0.25, -0.2) is 4.79 Å². The van der Waals surface area contributed by atoms with Crippen LogP contribution in [0.15, 0.2) is 48.5 Å². The van der Waals surface area contributed by atoms with Gasteiger partial charge in [-0.05, 0) is 76.8 Å².